The van der Waals surface area contributed by atoms with E-state index in [1.54, 1.807) is 11.9 Å². The molecule has 1 aliphatic rings. The van der Waals surface area contributed by atoms with Crippen molar-refractivity contribution in [1.29, 1.82) is 0 Å². The third-order valence-electron chi connectivity index (χ3n) is 4.24. The first kappa shape index (κ1) is 17.3. The van der Waals surface area contributed by atoms with Gasteiger partial charge in [0.1, 0.15) is 0 Å². The van der Waals surface area contributed by atoms with Gasteiger partial charge < -0.3 is 15.5 Å². The Morgan fingerprint density at radius 2 is 1.96 bits per heavy atom. The number of rotatable bonds is 6. The van der Waals surface area contributed by atoms with E-state index in [0.29, 0.717) is 25.6 Å². The van der Waals surface area contributed by atoms with Gasteiger partial charge in [0.25, 0.3) is 0 Å². The van der Waals surface area contributed by atoms with Crippen LogP contribution in [-0.2, 0) is 11.3 Å². The molecule has 2 rings (SSSR count). The minimum Gasteiger partial charge on any atom is -0.356 e. The number of nitrogens with one attached hydrogen (secondary N) is 2. The molecule has 5 nitrogen and oxygen atoms in total. The van der Waals surface area contributed by atoms with Gasteiger partial charge in [-0.2, -0.15) is 0 Å². The molecule has 1 aromatic carbocycles. The molecule has 1 fully saturated rings. The van der Waals surface area contributed by atoms with Crippen molar-refractivity contribution in [2.24, 2.45) is 4.99 Å². The Balaban J connectivity index is 1.68. The van der Waals surface area contributed by atoms with E-state index in [2.05, 4.69) is 15.6 Å². The summed E-state index contributed by atoms with van der Waals surface area (Å²) in [4.78, 5) is 18.2. The van der Waals surface area contributed by atoms with Crippen molar-refractivity contribution in [2.45, 2.75) is 44.7 Å². The molecule has 0 saturated heterocycles. The maximum Gasteiger partial charge on any atom is 0.224 e. The van der Waals surface area contributed by atoms with Crippen LogP contribution >= 0.6 is 0 Å². The topological polar surface area (TPSA) is 56.7 Å². The van der Waals surface area contributed by atoms with Gasteiger partial charge in [0, 0.05) is 39.6 Å². The number of carbonyl (C=O) groups is 1. The number of carbonyl (C=O) groups excluding carboxylic acids is 1. The highest BCUT2D eigenvalue weighted by Gasteiger charge is 2.16. The molecular weight excluding hydrogens is 288 g/mol. The summed E-state index contributed by atoms with van der Waals surface area (Å²) < 4.78 is 0. The molecule has 23 heavy (non-hydrogen) atoms. The lowest BCUT2D eigenvalue weighted by Gasteiger charge is -2.19. The first-order valence-electron chi connectivity index (χ1n) is 8.44. The molecule has 0 heterocycles. The lowest BCUT2D eigenvalue weighted by atomic mass is 10.2. The van der Waals surface area contributed by atoms with Crippen molar-refractivity contribution >= 4 is 11.9 Å². The van der Waals surface area contributed by atoms with Crippen LogP contribution in [0.4, 0.5) is 0 Å². The highest BCUT2D eigenvalue weighted by molar-refractivity contribution is 5.81. The third kappa shape index (κ3) is 5.93. The molecule has 0 atom stereocenters. The predicted octanol–water partition coefficient (Wildman–Crippen LogP) is 2.14. The van der Waals surface area contributed by atoms with E-state index in [0.717, 1.165) is 11.5 Å². The standard InChI is InChI=1S/C18H28N4O/c1-19-18(21-16-10-6-7-11-16)20-13-12-17(23)22(2)14-15-8-4-3-5-9-15/h3-5,8-9,16H,6-7,10-14H2,1-2H3,(H2,19,20,21). The molecule has 126 valence electrons. The molecular formula is C18H28N4O. The smallest absolute Gasteiger partial charge is 0.224 e. The van der Waals surface area contributed by atoms with E-state index in [4.69, 9.17) is 0 Å². The number of hydrogen-bond acceptors (Lipinski definition) is 2. The number of aliphatic imine (C=N–C) groups is 1. The quantitative estimate of drug-likeness (QED) is 0.624. The van der Waals surface area contributed by atoms with Crippen LogP contribution in [0, 0.1) is 0 Å². The molecule has 1 amide bonds. The first-order chi connectivity index (χ1) is 11.2. The average molecular weight is 316 g/mol. The van der Waals surface area contributed by atoms with Crippen LogP contribution in [-0.4, -0.2) is 43.4 Å². The van der Waals surface area contributed by atoms with E-state index in [1.807, 2.05) is 37.4 Å². The van der Waals surface area contributed by atoms with Crippen LogP contribution in [0.15, 0.2) is 35.3 Å². The summed E-state index contributed by atoms with van der Waals surface area (Å²) in [5.74, 6) is 0.938. The summed E-state index contributed by atoms with van der Waals surface area (Å²) in [5.41, 5.74) is 1.15. The zero-order valence-electron chi connectivity index (χ0n) is 14.2. The van der Waals surface area contributed by atoms with Crippen LogP contribution in [0.5, 0.6) is 0 Å². The minimum absolute atomic E-state index is 0.137. The van der Waals surface area contributed by atoms with E-state index >= 15 is 0 Å². The van der Waals surface area contributed by atoms with Crippen LogP contribution < -0.4 is 10.6 Å². The van der Waals surface area contributed by atoms with Gasteiger partial charge in [-0.15, -0.1) is 0 Å². The van der Waals surface area contributed by atoms with Crippen molar-refractivity contribution < 1.29 is 4.79 Å². The van der Waals surface area contributed by atoms with Crippen LogP contribution in [0.2, 0.25) is 0 Å². The molecule has 0 unspecified atom stereocenters. The highest BCUT2D eigenvalue weighted by atomic mass is 16.2. The number of benzene rings is 1. The van der Waals surface area contributed by atoms with Crippen molar-refractivity contribution in [3.05, 3.63) is 35.9 Å². The number of nitrogens with zero attached hydrogens (tertiary/aromatic N) is 2. The van der Waals surface area contributed by atoms with E-state index in [1.165, 1.54) is 25.7 Å². The molecule has 5 heteroatoms. The normalized spacial score (nSPS) is 15.5. The third-order valence-corrected chi connectivity index (χ3v) is 4.24. The molecule has 2 N–H and O–H groups in total. The van der Waals surface area contributed by atoms with E-state index in [-0.39, 0.29) is 5.91 Å². The van der Waals surface area contributed by atoms with Gasteiger partial charge in [-0.3, -0.25) is 9.79 Å². The molecule has 0 aromatic heterocycles. The molecule has 1 aliphatic carbocycles. The Labute approximate surface area is 139 Å². The van der Waals surface area contributed by atoms with Gasteiger partial charge in [-0.05, 0) is 18.4 Å². The van der Waals surface area contributed by atoms with Crippen molar-refractivity contribution in [2.75, 3.05) is 20.6 Å². The summed E-state index contributed by atoms with van der Waals surface area (Å²) in [6.07, 6.45) is 5.46. The number of hydrogen-bond donors (Lipinski definition) is 2. The van der Waals surface area contributed by atoms with Gasteiger partial charge in [-0.25, -0.2) is 0 Å². The number of amides is 1. The maximum atomic E-state index is 12.2. The first-order valence-corrected chi connectivity index (χ1v) is 8.44. The lowest BCUT2D eigenvalue weighted by molar-refractivity contribution is -0.130. The van der Waals surface area contributed by atoms with Gasteiger partial charge in [0.15, 0.2) is 5.96 Å². The fourth-order valence-corrected chi connectivity index (χ4v) is 2.88. The Kier molecular flexibility index (Phi) is 6.91. The van der Waals surface area contributed by atoms with Crippen LogP contribution in [0.25, 0.3) is 0 Å². The van der Waals surface area contributed by atoms with Gasteiger partial charge in [-0.1, -0.05) is 43.2 Å². The maximum absolute atomic E-state index is 12.2. The van der Waals surface area contributed by atoms with Crippen molar-refractivity contribution in [1.82, 2.24) is 15.5 Å². The number of guanidine groups is 1. The summed E-state index contributed by atoms with van der Waals surface area (Å²) in [6.45, 7) is 1.25. The lowest BCUT2D eigenvalue weighted by Crippen LogP contribution is -2.43. The summed E-state index contributed by atoms with van der Waals surface area (Å²) in [7, 11) is 3.62. The monoisotopic (exact) mass is 316 g/mol. The summed E-state index contributed by atoms with van der Waals surface area (Å²) >= 11 is 0. The second kappa shape index (κ2) is 9.18. The average Bonchev–Trinajstić information content (AvgIpc) is 3.07. The Morgan fingerprint density at radius 1 is 1.26 bits per heavy atom. The van der Waals surface area contributed by atoms with Crippen molar-refractivity contribution in [3.8, 4) is 0 Å². The van der Waals surface area contributed by atoms with Crippen LogP contribution in [0.1, 0.15) is 37.7 Å². The fourth-order valence-electron chi connectivity index (χ4n) is 2.88. The molecule has 1 saturated carbocycles. The van der Waals surface area contributed by atoms with Crippen molar-refractivity contribution in [3.63, 3.8) is 0 Å². The fraction of sp³-hybridized carbons (Fsp3) is 0.556. The zero-order valence-corrected chi connectivity index (χ0v) is 14.2. The molecule has 0 spiro atoms. The minimum atomic E-state index is 0.137. The second-order valence-corrected chi connectivity index (χ2v) is 6.11. The zero-order chi connectivity index (χ0) is 16.5. The molecule has 0 bridgehead atoms. The Bertz CT molecular complexity index is 509. The Morgan fingerprint density at radius 3 is 2.61 bits per heavy atom. The molecule has 1 aromatic rings. The van der Waals surface area contributed by atoms with Crippen LogP contribution in [0.3, 0.4) is 0 Å². The largest absolute Gasteiger partial charge is 0.356 e. The van der Waals surface area contributed by atoms with Gasteiger partial charge in [0.05, 0.1) is 0 Å². The summed E-state index contributed by atoms with van der Waals surface area (Å²) in [6, 6.07) is 10.6. The van der Waals surface area contributed by atoms with Gasteiger partial charge >= 0.3 is 0 Å². The van der Waals surface area contributed by atoms with E-state index < -0.39 is 0 Å². The SMILES string of the molecule is CN=C(NCCC(=O)N(C)Cc1ccccc1)NC1CCCC1. The predicted molar refractivity (Wildman–Crippen MR) is 94.3 cm³/mol. The second-order valence-electron chi connectivity index (χ2n) is 6.11. The summed E-state index contributed by atoms with van der Waals surface area (Å²) in [5, 5.41) is 6.66. The van der Waals surface area contributed by atoms with Gasteiger partial charge in [0.2, 0.25) is 5.91 Å². The van der Waals surface area contributed by atoms with E-state index in [9.17, 15) is 4.79 Å². The molecule has 0 radical (unpaired) electrons. The highest BCUT2D eigenvalue weighted by Crippen LogP contribution is 2.17. The molecule has 0 aliphatic heterocycles. The Hall–Kier alpha value is -2.04.